The van der Waals surface area contributed by atoms with Gasteiger partial charge in [-0.05, 0) is 59.3 Å². The van der Waals surface area contributed by atoms with Gasteiger partial charge in [0.05, 0.1) is 12.0 Å². The summed E-state index contributed by atoms with van der Waals surface area (Å²) in [6.45, 7) is 11.2. The van der Waals surface area contributed by atoms with Gasteiger partial charge in [-0.1, -0.05) is 12.8 Å². The monoisotopic (exact) mass is 565 g/mol. The van der Waals surface area contributed by atoms with Crippen LogP contribution in [0.1, 0.15) is 66.2 Å². The summed E-state index contributed by atoms with van der Waals surface area (Å²) in [5.41, 5.74) is -0.850. The van der Waals surface area contributed by atoms with Gasteiger partial charge in [-0.3, -0.25) is 9.79 Å². The molecule has 1 saturated carbocycles. The van der Waals surface area contributed by atoms with E-state index in [1.54, 1.807) is 4.90 Å². The molecule has 1 saturated heterocycles. The number of nitrogens with zero attached hydrogens (tertiary/aromatic N) is 3. The number of piperidine rings is 1. The maximum atomic E-state index is 12.8. The van der Waals surface area contributed by atoms with Gasteiger partial charge in [-0.2, -0.15) is 0 Å². The summed E-state index contributed by atoms with van der Waals surface area (Å²) < 4.78 is 5.53. The van der Waals surface area contributed by atoms with Crippen molar-refractivity contribution in [3.8, 4) is 0 Å². The second-order valence-corrected chi connectivity index (χ2v) is 10.2. The number of carbonyl (C=O) groups is 2. The molecule has 0 aromatic carbocycles. The van der Waals surface area contributed by atoms with Gasteiger partial charge in [0, 0.05) is 40.3 Å². The largest absolute Gasteiger partial charge is 0.444 e. The number of aliphatic imine (C=N–C) groups is 1. The number of rotatable bonds is 6. The zero-order valence-corrected chi connectivity index (χ0v) is 23.2. The van der Waals surface area contributed by atoms with Gasteiger partial charge in [0.2, 0.25) is 5.91 Å². The van der Waals surface area contributed by atoms with Crippen LogP contribution in [0.3, 0.4) is 0 Å². The molecular formula is C23H44IN5O3. The van der Waals surface area contributed by atoms with Gasteiger partial charge >= 0.3 is 6.09 Å². The van der Waals surface area contributed by atoms with Crippen LogP contribution in [0, 0.1) is 11.3 Å². The first kappa shape index (κ1) is 28.8. The van der Waals surface area contributed by atoms with Crippen molar-refractivity contribution in [2.45, 2.75) is 71.8 Å². The van der Waals surface area contributed by atoms with Crippen molar-refractivity contribution in [3.05, 3.63) is 0 Å². The van der Waals surface area contributed by atoms with Gasteiger partial charge in [0.1, 0.15) is 5.60 Å². The Kier molecular flexibility index (Phi) is 11.5. The summed E-state index contributed by atoms with van der Waals surface area (Å²) in [5, 5.41) is 6.75. The molecule has 1 unspecified atom stereocenters. The highest BCUT2D eigenvalue weighted by atomic mass is 127. The highest BCUT2D eigenvalue weighted by molar-refractivity contribution is 14.0. The molecule has 186 valence electrons. The molecule has 1 atom stereocenters. The minimum atomic E-state index is -0.479. The first-order chi connectivity index (χ1) is 14.6. The van der Waals surface area contributed by atoms with Crippen LogP contribution >= 0.6 is 24.0 Å². The van der Waals surface area contributed by atoms with Crippen LogP contribution in [0.5, 0.6) is 0 Å². The molecule has 0 aromatic heterocycles. The minimum absolute atomic E-state index is 0. The Morgan fingerprint density at radius 2 is 1.81 bits per heavy atom. The summed E-state index contributed by atoms with van der Waals surface area (Å²) in [5.74, 6) is 1.27. The third-order valence-corrected chi connectivity index (χ3v) is 6.03. The second-order valence-electron chi connectivity index (χ2n) is 10.2. The smallest absolute Gasteiger partial charge is 0.410 e. The number of guanidine groups is 1. The molecule has 0 aromatic rings. The van der Waals surface area contributed by atoms with Crippen LogP contribution in [0.15, 0.2) is 4.99 Å². The number of likely N-dealkylation sites (tertiary alicyclic amines) is 1. The minimum Gasteiger partial charge on any atom is -0.444 e. The Bertz CT molecular complexity index is 642. The second kappa shape index (κ2) is 12.8. The normalized spacial score (nSPS) is 20.9. The van der Waals surface area contributed by atoms with Crippen molar-refractivity contribution in [2.75, 3.05) is 46.8 Å². The molecule has 1 aliphatic heterocycles. The topological polar surface area (TPSA) is 86.3 Å². The Balaban J connectivity index is 0.00000512. The lowest BCUT2D eigenvalue weighted by atomic mass is 9.85. The van der Waals surface area contributed by atoms with Gasteiger partial charge in [0.15, 0.2) is 5.96 Å². The van der Waals surface area contributed by atoms with Crippen LogP contribution in [-0.2, 0) is 9.53 Å². The lowest BCUT2D eigenvalue weighted by Gasteiger charge is -2.34. The molecule has 0 radical (unpaired) electrons. The predicted octanol–water partition coefficient (Wildman–Crippen LogP) is 3.46. The molecule has 1 heterocycles. The van der Waals surface area contributed by atoms with Crippen molar-refractivity contribution in [1.82, 2.24) is 20.4 Å². The summed E-state index contributed by atoms with van der Waals surface area (Å²) in [6, 6.07) is 0. The molecule has 2 amide bonds. The molecule has 0 bridgehead atoms. The zero-order valence-electron chi connectivity index (χ0n) is 20.8. The molecule has 2 rings (SSSR count). The van der Waals surface area contributed by atoms with E-state index in [0.717, 1.165) is 64.1 Å². The third kappa shape index (κ3) is 8.59. The van der Waals surface area contributed by atoms with Crippen molar-refractivity contribution in [1.29, 1.82) is 0 Å². The van der Waals surface area contributed by atoms with Crippen LogP contribution in [0.4, 0.5) is 4.79 Å². The van der Waals surface area contributed by atoms with E-state index in [2.05, 4.69) is 10.6 Å². The average molecular weight is 566 g/mol. The molecule has 8 nitrogen and oxygen atoms in total. The number of amides is 2. The predicted molar refractivity (Wildman–Crippen MR) is 140 cm³/mol. The average Bonchev–Trinajstić information content (AvgIpc) is 3.18. The quantitative estimate of drug-likeness (QED) is 0.293. The van der Waals surface area contributed by atoms with Gasteiger partial charge in [-0.25, -0.2) is 4.79 Å². The van der Waals surface area contributed by atoms with Crippen LogP contribution in [-0.4, -0.2) is 80.2 Å². The number of hydrogen-bond donors (Lipinski definition) is 2. The molecule has 1 aliphatic carbocycles. The number of nitrogens with one attached hydrogen (secondary N) is 2. The molecule has 32 heavy (non-hydrogen) atoms. The zero-order chi connectivity index (χ0) is 23.1. The molecule has 0 spiro atoms. The summed E-state index contributed by atoms with van der Waals surface area (Å²) >= 11 is 0. The molecule has 9 heteroatoms. The third-order valence-electron chi connectivity index (χ3n) is 6.03. The standard InChI is InChI=1S/C23H43N5O3.HI/c1-7-24-20(26-17-23(12-8-9-13-23)19(29)27(5)6)25-15-18-11-10-14-28(16-18)21(30)31-22(2,3)4;/h18H,7-17H2,1-6H3,(H2,24,25,26);1H. The SMILES string of the molecule is CCNC(=NCC1(C(=O)N(C)C)CCCC1)NCC1CCCN(C(=O)OC(C)(C)C)C1.I. The molecule has 2 fully saturated rings. The summed E-state index contributed by atoms with van der Waals surface area (Å²) in [7, 11) is 3.66. The highest BCUT2D eigenvalue weighted by Crippen LogP contribution is 2.39. The van der Waals surface area contributed by atoms with E-state index in [0.29, 0.717) is 19.0 Å². The van der Waals surface area contributed by atoms with Crippen LogP contribution in [0.2, 0.25) is 0 Å². The lowest BCUT2D eigenvalue weighted by molar-refractivity contribution is -0.138. The lowest BCUT2D eigenvalue weighted by Crippen LogP contribution is -2.47. The Morgan fingerprint density at radius 3 is 2.38 bits per heavy atom. The fraction of sp³-hybridized carbons (Fsp3) is 0.870. The Morgan fingerprint density at radius 1 is 1.16 bits per heavy atom. The molecule has 2 N–H and O–H groups in total. The molecular weight excluding hydrogens is 521 g/mol. The maximum absolute atomic E-state index is 12.8. The van der Waals surface area contributed by atoms with Crippen molar-refractivity contribution in [2.24, 2.45) is 16.3 Å². The van der Waals surface area contributed by atoms with E-state index in [1.807, 2.05) is 46.7 Å². The number of carbonyl (C=O) groups excluding carboxylic acids is 2. The van der Waals surface area contributed by atoms with Gasteiger partial charge < -0.3 is 25.2 Å². The van der Waals surface area contributed by atoms with Crippen molar-refractivity contribution in [3.63, 3.8) is 0 Å². The maximum Gasteiger partial charge on any atom is 0.410 e. The van der Waals surface area contributed by atoms with Crippen molar-refractivity contribution < 1.29 is 14.3 Å². The number of ether oxygens (including phenoxy) is 1. The number of halogens is 1. The van der Waals surface area contributed by atoms with E-state index in [9.17, 15) is 9.59 Å². The van der Waals surface area contributed by atoms with Crippen LogP contribution < -0.4 is 10.6 Å². The fourth-order valence-corrected chi connectivity index (χ4v) is 4.50. The first-order valence-electron chi connectivity index (χ1n) is 11.8. The summed E-state index contributed by atoms with van der Waals surface area (Å²) in [4.78, 5) is 33.5. The fourth-order valence-electron chi connectivity index (χ4n) is 4.50. The Labute approximate surface area is 211 Å². The summed E-state index contributed by atoms with van der Waals surface area (Å²) in [6.07, 6.45) is 5.78. The van der Waals surface area contributed by atoms with E-state index in [1.165, 1.54) is 0 Å². The molecule has 2 aliphatic rings. The van der Waals surface area contributed by atoms with Crippen molar-refractivity contribution >= 4 is 41.9 Å². The Hall–Kier alpha value is -1.26. The number of hydrogen-bond acceptors (Lipinski definition) is 4. The van der Waals surface area contributed by atoms with Crippen LogP contribution in [0.25, 0.3) is 0 Å². The first-order valence-corrected chi connectivity index (χ1v) is 11.8. The highest BCUT2D eigenvalue weighted by Gasteiger charge is 2.42. The van der Waals surface area contributed by atoms with Gasteiger partial charge in [0.25, 0.3) is 0 Å². The van der Waals surface area contributed by atoms with E-state index in [4.69, 9.17) is 9.73 Å². The van der Waals surface area contributed by atoms with E-state index in [-0.39, 0.29) is 41.4 Å². The van der Waals surface area contributed by atoms with E-state index < -0.39 is 5.60 Å². The van der Waals surface area contributed by atoms with E-state index >= 15 is 0 Å². The van der Waals surface area contributed by atoms with Gasteiger partial charge in [-0.15, -0.1) is 24.0 Å².